The average Bonchev–Trinajstić information content (AvgIpc) is 2.59. The molecule has 0 aliphatic heterocycles. The molecular formula is C13H17BrN2O. The van der Waals surface area contributed by atoms with Crippen LogP contribution in [-0.2, 0) is 11.2 Å². The summed E-state index contributed by atoms with van der Waals surface area (Å²) in [6, 6.07) is 6.88. The van der Waals surface area contributed by atoms with Crippen LogP contribution in [0.3, 0.4) is 0 Å². The first-order valence-corrected chi connectivity index (χ1v) is 6.68. The van der Waals surface area contributed by atoms with Crippen LogP contribution in [0, 0.1) is 0 Å². The third-order valence-electron chi connectivity index (χ3n) is 3.18. The van der Waals surface area contributed by atoms with Gasteiger partial charge in [0.25, 0.3) is 0 Å². The van der Waals surface area contributed by atoms with Crippen LogP contribution in [0.15, 0.2) is 22.7 Å². The van der Waals surface area contributed by atoms with Crippen LogP contribution in [0.1, 0.15) is 36.9 Å². The zero-order chi connectivity index (χ0) is 12.4. The maximum absolute atomic E-state index is 10.8. The number of nitrogens with two attached hydrogens (primary N) is 1. The fraction of sp³-hybridized carbons (Fsp3) is 0.462. The molecule has 4 heteroatoms. The van der Waals surface area contributed by atoms with Gasteiger partial charge in [-0.1, -0.05) is 22.0 Å². The van der Waals surface area contributed by atoms with Crippen molar-refractivity contribution < 1.29 is 4.79 Å². The lowest BCUT2D eigenvalue weighted by Gasteiger charge is -2.19. The second-order valence-corrected chi connectivity index (χ2v) is 5.59. The lowest BCUT2D eigenvalue weighted by atomic mass is 10.1. The molecule has 17 heavy (non-hydrogen) atoms. The highest BCUT2D eigenvalue weighted by Crippen LogP contribution is 2.33. The summed E-state index contributed by atoms with van der Waals surface area (Å²) < 4.78 is 1.13. The third-order valence-corrected chi connectivity index (χ3v) is 3.67. The summed E-state index contributed by atoms with van der Waals surface area (Å²) in [5, 5.41) is 3.47. The third kappa shape index (κ3) is 3.07. The number of benzene rings is 1. The molecule has 3 N–H and O–H groups in total. The SMILES string of the molecule is CC(CC(N)=O)NC1CCc2cc(Br)ccc21. The van der Waals surface area contributed by atoms with Crippen LogP contribution in [0.25, 0.3) is 0 Å². The van der Waals surface area contributed by atoms with Gasteiger partial charge in [0.05, 0.1) is 0 Å². The van der Waals surface area contributed by atoms with Gasteiger partial charge < -0.3 is 11.1 Å². The Bertz CT molecular complexity index is 433. The maximum Gasteiger partial charge on any atom is 0.218 e. The maximum atomic E-state index is 10.8. The van der Waals surface area contributed by atoms with Gasteiger partial charge in [-0.15, -0.1) is 0 Å². The topological polar surface area (TPSA) is 55.1 Å². The van der Waals surface area contributed by atoms with Gasteiger partial charge in [0, 0.05) is 23.0 Å². The van der Waals surface area contributed by atoms with Gasteiger partial charge in [-0.2, -0.15) is 0 Å². The monoisotopic (exact) mass is 296 g/mol. The summed E-state index contributed by atoms with van der Waals surface area (Å²) in [6.45, 7) is 2.00. The lowest BCUT2D eigenvalue weighted by molar-refractivity contribution is -0.118. The molecule has 0 heterocycles. The van der Waals surface area contributed by atoms with E-state index in [-0.39, 0.29) is 11.9 Å². The van der Waals surface area contributed by atoms with E-state index in [2.05, 4.69) is 39.4 Å². The molecule has 1 amide bonds. The van der Waals surface area contributed by atoms with Crippen LogP contribution >= 0.6 is 15.9 Å². The summed E-state index contributed by atoms with van der Waals surface area (Å²) in [6.07, 6.45) is 2.58. The molecule has 3 nitrogen and oxygen atoms in total. The van der Waals surface area contributed by atoms with Crippen LogP contribution in [0.4, 0.5) is 0 Å². The molecule has 2 rings (SSSR count). The van der Waals surface area contributed by atoms with Gasteiger partial charge in [-0.3, -0.25) is 4.79 Å². The van der Waals surface area contributed by atoms with Crippen molar-refractivity contribution >= 4 is 21.8 Å². The van der Waals surface area contributed by atoms with Crippen molar-refractivity contribution in [3.8, 4) is 0 Å². The first-order valence-electron chi connectivity index (χ1n) is 5.89. The van der Waals surface area contributed by atoms with E-state index < -0.39 is 0 Å². The number of hydrogen-bond acceptors (Lipinski definition) is 2. The normalized spacial score (nSPS) is 20.0. The molecule has 0 radical (unpaired) electrons. The van der Waals surface area contributed by atoms with E-state index in [9.17, 15) is 4.79 Å². The fourth-order valence-electron chi connectivity index (χ4n) is 2.46. The van der Waals surface area contributed by atoms with E-state index in [0.29, 0.717) is 12.5 Å². The second kappa shape index (κ2) is 5.19. The minimum absolute atomic E-state index is 0.132. The Morgan fingerprint density at radius 2 is 2.41 bits per heavy atom. The number of fused-ring (bicyclic) bond motifs is 1. The molecule has 1 aliphatic carbocycles. The first-order chi connectivity index (χ1) is 8.06. The van der Waals surface area contributed by atoms with Gasteiger partial charge >= 0.3 is 0 Å². The number of nitrogens with one attached hydrogen (secondary N) is 1. The predicted octanol–water partition coefficient (Wildman–Crippen LogP) is 2.29. The van der Waals surface area contributed by atoms with E-state index in [1.807, 2.05) is 6.92 Å². The van der Waals surface area contributed by atoms with Gasteiger partial charge in [0.1, 0.15) is 0 Å². The van der Waals surface area contributed by atoms with E-state index in [1.54, 1.807) is 0 Å². The van der Waals surface area contributed by atoms with Gasteiger partial charge in [0.2, 0.25) is 5.91 Å². The zero-order valence-corrected chi connectivity index (χ0v) is 11.5. The number of hydrogen-bond donors (Lipinski definition) is 2. The van der Waals surface area contributed by atoms with Crippen molar-refractivity contribution in [2.24, 2.45) is 5.73 Å². The molecule has 92 valence electrons. The molecule has 0 bridgehead atoms. The average molecular weight is 297 g/mol. The minimum atomic E-state index is -0.251. The van der Waals surface area contributed by atoms with Crippen LogP contribution in [0.2, 0.25) is 0 Å². The van der Waals surface area contributed by atoms with Gasteiger partial charge in [-0.05, 0) is 43.0 Å². The molecule has 2 unspecified atom stereocenters. The Balaban J connectivity index is 2.04. The number of rotatable bonds is 4. The van der Waals surface area contributed by atoms with Crippen molar-refractivity contribution in [2.75, 3.05) is 0 Å². The first kappa shape index (κ1) is 12.6. The van der Waals surface area contributed by atoms with E-state index in [4.69, 9.17) is 5.73 Å². The lowest BCUT2D eigenvalue weighted by Crippen LogP contribution is -2.33. The number of carbonyl (C=O) groups excluding carboxylic acids is 1. The minimum Gasteiger partial charge on any atom is -0.370 e. The Morgan fingerprint density at radius 3 is 3.12 bits per heavy atom. The number of amides is 1. The standard InChI is InChI=1S/C13H17BrN2O/c1-8(6-13(15)17)16-12-5-2-9-7-10(14)3-4-11(9)12/h3-4,7-8,12,16H,2,5-6H2,1H3,(H2,15,17). The second-order valence-electron chi connectivity index (χ2n) is 4.67. The highest BCUT2D eigenvalue weighted by atomic mass is 79.9. The van der Waals surface area contributed by atoms with Crippen LogP contribution in [-0.4, -0.2) is 11.9 Å². The summed E-state index contributed by atoms with van der Waals surface area (Å²) in [4.78, 5) is 10.8. The summed E-state index contributed by atoms with van der Waals surface area (Å²) in [5.74, 6) is -0.251. The summed E-state index contributed by atoms with van der Waals surface area (Å²) in [7, 11) is 0. The Hall–Kier alpha value is -0.870. The van der Waals surface area contributed by atoms with Crippen molar-refractivity contribution in [3.63, 3.8) is 0 Å². The summed E-state index contributed by atoms with van der Waals surface area (Å²) >= 11 is 3.49. The highest BCUT2D eigenvalue weighted by molar-refractivity contribution is 9.10. The molecule has 1 aliphatic rings. The molecule has 0 fully saturated rings. The number of primary amides is 1. The van der Waals surface area contributed by atoms with Crippen molar-refractivity contribution in [1.82, 2.24) is 5.32 Å². The number of halogens is 1. The smallest absolute Gasteiger partial charge is 0.218 e. The summed E-state index contributed by atoms with van der Waals surface area (Å²) in [5.41, 5.74) is 7.94. The zero-order valence-electron chi connectivity index (χ0n) is 9.87. The quantitative estimate of drug-likeness (QED) is 0.896. The van der Waals surface area contributed by atoms with E-state index in [1.165, 1.54) is 11.1 Å². The van der Waals surface area contributed by atoms with Crippen molar-refractivity contribution in [3.05, 3.63) is 33.8 Å². The van der Waals surface area contributed by atoms with Crippen molar-refractivity contribution in [1.29, 1.82) is 0 Å². The molecule has 2 atom stereocenters. The van der Waals surface area contributed by atoms with Crippen LogP contribution < -0.4 is 11.1 Å². The molecule has 0 saturated heterocycles. The molecule has 0 aromatic heterocycles. The molecule has 1 aromatic carbocycles. The van der Waals surface area contributed by atoms with Gasteiger partial charge in [-0.25, -0.2) is 0 Å². The van der Waals surface area contributed by atoms with Crippen LogP contribution in [0.5, 0.6) is 0 Å². The van der Waals surface area contributed by atoms with Crippen molar-refractivity contribution in [2.45, 2.75) is 38.3 Å². The molecule has 0 saturated carbocycles. The molecule has 1 aromatic rings. The Labute approximate surface area is 110 Å². The number of aryl methyl sites for hydroxylation is 1. The highest BCUT2D eigenvalue weighted by Gasteiger charge is 2.23. The largest absolute Gasteiger partial charge is 0.370 e. The number of carbonyl (C=O) groups is 1. The molecule has 0 spiro atoms. The van der Waals surface area contributed by atoms with Gasteiger partial charge in [0.15, 0.2) is 0 Å². The van der Waals surface area contributed by atoms with E-state index >= 15 is 0 Å². The predicted molar refractivity (Wildman–Crippen MR) is 71.6 cm³/mol. The Kier molecular flexibility index (Phi) is 3.84. The fourth-order valence-corrected chi connectivity index (χ4v) is 2.87. The molecular weight excluding hydrogens is 280 g/mol. The Morgan fingerprint density at radius 1 is 1.65 bits per heavy atom. The van der Waals surface area contributed by atoms with E-state index in [0.717, 1.165) is 17.3 Å².